The molecule has 4 fully saturated rings. The first kappa shape index (κ1) is 21.2. The lowest BCUT2D eigenvalue weighted by Crippen LogP contribution is -2.47. The van der Waals surface area contributed by atoms with Gasteiger partial charge in [0.1, 0.15) is 0 Å². The molecule has 4 aliphatic rings. The lowest BCUT2D eigenvalue weighted by atomic mass is 9.49. The van der Waals surface area contributed by atoms with Gasteiger partial charge in [0.15, 0.2) is 6.61 Å². The molecule has 2 aromatic rings. The SMILES string of the molecule is O=C(CC12CC3CC(CC(C3)C1)C2)OCC(=O)N(Cc1ccccc1)Cc1ccccc1. The van der Waals surface area contributed by atoms with Gasteiger partial charge in [-0.1, -0.05) is 60.7 Å². The average Bonchev–Trinajstić information content (AvgIpc) is 2.77. The molecule has 4 bridgehead atoms. The molecule has 4 nitrogen and oxygen atoms in total. The van der Waals surface area contributed by atoms with E-state index in [0.29, 0.717) is 19.5 Å². The van der Waals surface area contributed by atoms with Gasteiger partial charge in [0.2, 0.25) is 0 Å². The molecular formula is C28H33NO3. The van der Waals surface area contributed by atoms with E-state index in [1.165, 1.54) is 38.5 Å². The molecule has 0 N–H and O–H groups in total. The van der Waals surface area contributed by atoms with E-state index in [1.807, 2.05) is 60.7 Å². The Morgan fingerprint density at radius 3 is 1.72 bits per heavy atom. The molecule has 0 heterocycles. The zero-order valence-electron chi connectivity index (χ0n) is 18.7. The van der Waals surface area contributed by atoms with E-state index in [0.717, 1.165) is 28.9 Å². The third kappa shape index (κ3) is 4.90. The van der Waals surface area contributed by atoms with Gasteiger partial charge in [-0.3, -0.25) is 9.59 Å². The maximum Gasteiger partial charge on any atom is 0.306 e. The van der Waals surface area contributed by atoms with Crippen molar-refractivity contribution in [3.63, 3.8) is 0 Å². The monoisotopic (exact) mass is 431 g/mol. The second kappa shape index (κ2) is 9.09. The standard InChI is InChI=1S/C28H33NO3/c30-26(29(18-21-7-3-1-4-8-21)19-22-9-5-2-6-10-22)20-32-27(31)17-28-14-23-11-24(15-28)13-25(12-23)16-28/h1-10,23-25H,11-20H2. The number of carbonyl (C=O) groups is 2. The zero-order valence-corrected chi connectivity index (χ0v) is 18.7. The van der Waals surface area contributed by atoms with Crippen LogP contribution in [0.1, 0.15) is 56.1 Å². The number of carbonyl (C=O) groups excluding carboxylic acids is 2. The van der Waals surface area contributed by atoms with E-state index in [9.17, 15) is 9.59 Å². The number of hydrogen-bond acceptors (Lipinski definition) is 3. The van der Waals surface area contributed by atoms with Gasteiger partial charge in [0.05, 0.1) is 6.42 Å². The van der Waals surface area contributed by atoms with Crippen LogP contribution < -0.4 is 0 Å². The van der Waals surface area contributed by atoms with Crippen LogP contribution in [0.15, 0.2) is 60.7 Å². The summed E-state index contributed by atoms with van der Waals surface area (Å²) < 4.78 is 5.57. The lowest BCUT2D eigenvalue weighted by Gasteiger charge is -2.56. The molecule has 4 aliphatic carbocycles. The fourth-order valence-electron chi connectivity index (χ4n) is 6.94. The second-order valence-electron chi connectivity index (χ2n) is 10.5. The maximum absolute atomic E-state index is 13.1. The summed E-state index contributed by atoms with van der Waals surface area (Å²) in [5.41, 5.74) is 2.27. The van der Waals surface area contributed by atoms with Crippen LogP contribution in [-0.2, 0) is 27.4 Å². The Labute approximate surface area is 191 Å². The van der Waals surface area contributed by atoms with Gasteiger partial charge in [-0.05, 0) is 72.8 Å². The van der Waals surface area contributed by atoms with Crippen molar-refractivity contribution in [1.29, 1.82) is 0 Å². The van der Waals surface area contributed by atoms with Crippen LogP contribution in [0.4, 0.5) is 0 Å². The summed E-state index contributed by atoms with van der Waals surface area (Å²) in [5, 5.41) is 0. The molecule has 6 rings (SSSR count). The number of esters is 1. The Morgan fingerprint density at radius 1 is 0.781 bits per heavy atom. The van der Waals surface area contributed by atoms with Crippen molar-refractivity contribution >= 4 is 11.9 Å². The van der Waals surface area contributed by atoms with Crippen LogP contribution in [0.25, 0.3) is 0 Å². The smallest absolute Gasteiger partial charge is 0.306 e. The zero-order chi connectivity index (χ0) is 22.0. The molecule has 0 unspecified atom stereocenters. The van der Waals surface area contributed by atoms with Crippen LogP contribution in [0.5, 0.6) is 0 Å². The van der Waals surface area contributed by atoms with Crippen molar-refractivity contribution in [3.8, 4) is 0 Å². The van der Waals surface area contributed by atoms with E-state index in [4.69, 9.17) is 4.74 Å². The van der Waals surface area contributed by atoms with Gasteiger partial charge in [-0.25, -0.2) is 0 Å². The van der Waals surface area contributed by atoms with Gasteiger partial charge in [-0.15, -0.1) is 0 Å². The molecule has 2 aromatic carbocycles. The van der Waals surface area contributed by atoms with Crippen LogP contribution >= 0.6 is 0 Å². The summed E-state index contributed by atoms with van der Waals surface area (Å²) in [7, 11) is 0. The number of nitrogens with zero attached hydrogens (tertiary/aromatic N) is 1. The predicted octanol–water partition coefficient (Wildman–Crippen LogP) is 5.37. The topological polar surface area (TPSA) is 46.6 Å². The van der Waals surface area contributed by atoms with Crippen LogP contribution in [0, 0.1) is 23.2 Å². The van der Waals surface area contributed by atoms with Crippen molar-refractivity contribution in [3.05, 3.63) is 71.8 Å². The molecular weight excluding hydrogens is 398 g/mol. The van der Waals surface area contributed by atoms with E-state index in [2.05, 4.69) is 0 Å². The molecule has 0 spiro atoms. The highest BCUT2D eigenvalue weighted by Gasteiger charge is 2.51. The van der Waals surface area contributed by atoms with Gasteiger partial charge >= 0.3 is 5.97 Å². The minimum absolute atomic E-state index is 0.142. The second-order valence-corrected chi connectivity index (χ2v) is 10.5. The molecule has 1 amide bonds. The minimum Gasteiger partial charge on any atom is -0.456 e. The summed E-state index contributed by atoms with van der Waals surface area (Å²) in [6, 6.07) is 19.9. The summed E-state index contributed by atoms with van der Waals surface area (Å²) in [6.45, 7) is 0.826. The Kier molecular flexibility index (Phi) is 6.03. The summed E-state index contributed by atoms with van der Waals surface area (Å²) >= 11 is 0. The molecule has 32 heavy (non-hydrogen) atoms. The largest absolute Gasteiger partial charge is 0.456 e. The van der Waals surface area contributed by atoms with Crippen LogP contribution in [-0.4, -0.2) is 23.4 Å². The molecule has 0 saturated heterocycles. The van der Waals surface area contributed by atoms with Crippen molar-refractivity contribution in [1.82, 2.24) is 4.90 Å². The van der Waals surface area contributed by atoms with Crippen molar-refractivity contribution in [2.75, 3.05) is 6.61 Å². The number of amides is 1. The lowest BCUT2D eigenvalue weighted by molar-refractivity contribution is -0.158. The highest BCUT2D eigenvalue weighted by Crippen LogP contribution is 2.61. The Morgan fingerprint density at radius 2 is 1.25 bits per heavy atom. The van der Waals surface area contributed by atoms with Gasteiger partial charge in [0.25, 0.3) is 5.91 Å². The van der Waals surface area contributed by atoms with E-state index >= 15 is 0 Å². The van der Waals surface area contributed by atoms with Gasteiger partial charge in [0, 0.05) is 13.1 Å². The number of hydrogen-bond donors (Lipinski definition) is 0. The molecule has 0 radical (unpaired) electrons. The Bertz CT molecular complexity index is 863. The first-order chi connectivity index (χ1) is 15.6. The Balaban J connectivity index is 1.19. The maximum atomic E-state index is 13.1. The fourth-order valence-corrected chi connectivity index (χ4v) is 6.94. The normalized spacial score (nSPS) is 27.8. The molecule has 4 saturated carbocycles. The first-order valence-electron chi connectivity index (χ1n) is 12.1. The van der Waals surface area contributed by atoms with Crippen molar-refractivity contribution in [2.45, 2.75) is 58.0 Å². The fraction of sp³-hybridized carbons (Fsp3) is 0.500. The average molecular weight is 432 g/mol. The van der Waals surface area contributed by atoms with Crippen molar-refractivity contribution in [2.24, 2.45) is 23.2 Å². The molecule has 0 aromatic heterocycles. The quantitative estimate of drug-likeness (QED) is 0.528. The van der Waals surface area contributed by atoms with Crippen LogP contribution in [0.3, 0.4) is 0 Å². The van der Waals surface area contributed by atoms with Gasteiger partial charge in [-0.2, -0.15) is 0 Å². The van der Waals surface area contributed by atoms with E-state index < -0.39 is 0 Å². The molecule has 0 atom stereocenters. The van der Waals surface area contributed by atoms with Gasteiger partial charge < -0.3 is 9.64 Å². The predicted molar refractivity (Wildman–Crippen MR) is 123 cm³/mol. The summed E-state index contributed by atoms with van der Waals surface area (Å²) in [6.07, 6.45) is 8.10. The number of rotatable bonds is 8. The molecule has 4 heteroatoms. The third-order valence-corrected chi connectivity index (χ3v) is 7.83. The summed E-state index contributed by atoms with van der Waals surface area (Å²) in [5.74, 6) is 2.09. The van der Waals surface area contributed by atoms with Crippen LogP contribution in [0.2, 0.25) is 0 Å². The summed E-state index contributed by atoms with van der Waals surface area (Å²) in [4.78, 5) is 27.6. The molecule has 168 valence electrons. The number of ether oxygens (including phenoxy) is 1. The number of benzene rings is 2. The Hall–Kier alpha value is -2.62. The highest BCUT2D eigenvalue weighted by atomic mass is 16.5. The minimum atomic E-state index is -0.195. The molecule has 0 aliphatic heterocycles. The van der Waals surface area contributed by atoms with Crippen molar-refractivity contribution < 1.29 is 14.3 Å². The van der Waals surface area contributed by atoms with E-state index in [1.54, 1.807) is 4.90 Å². The first-order valence-corrected chi connectivity index (χ1v) is 12.1. The third-order valence-electron chi connectivity index (χ3n) is 7.83. The van der Waals surface area contributed by atoms with E-state index in [-0.39, 0.29) is 23.9 Å². The highest BCUT2D eigenvalue weighted by molar-refractivity contribution is 5.81.